The highest BCUT2D eigenvalue weighted by Crippen LogP contribution is 2.22. The van der Waals surface area contributed by atoms with Crippen molar-refractivity contribution in [3.63, 3.8) is 0 Å². The molecule has 1 aromatic carbocycles. The molecule has 0 aliphatic carbocycles. The summed E-state index contributed by atoms with van der Waals surface area (Å²) in [5.41, 5.74) is 3.84. The van der Waals surface area contributed by atoms with Crippen molar-refractivity contribution >= 4 is 28.2 Å². The van der Waals surface area contributed by atoms with E-state index in [0.717, 1.165) is 22.7 Å². The molecule has 0 atom stereocenters. The second-order valence-corrected chi connectivity index (χ2v) is 5.96. The van der Waals surface area contributed by atoms with Crippen LogP contribution in [-0.4, -0.2) is 26.5 Å². The Morgan fingerprint density at radius 2 is 1.92 bits per heavy atom. The molecule has 8 heteroatoms. The number of hydrogen-bond acceptors (Lipinski definition) is 5. The number of hydrogen-bond donors (Lipinski definition) is 1. The lowest BCUT2D eigenvalue weighted by Gasteiger charge is -2.09. The molecule has 2 heterocycles. The lowest BCUT2D eigenvalue weighted by molar-refractivity contribution is -0.112. The molecule has 0 aliphatic rings. The number of carbonyl (C=O) groups is 2. The number of halogens is 1. The van der Waals surface area contributed by atoms with Crippen molar-refractivity contribution in [1.29, 1.82) is 0 Å². The molecule has 122 valence electrons. The van der Waals surface area contributed by atoms with Gasteiger partial charge in [-0.3, -0.25) is 14.9 Å². The number of rotatable bonds is 4. The minimum Gasteiger partial charge on any atom is -0.318 e. The Morgan fingerprint density at radius 3 is 2.54 bits per heavy atom. The lowest BCUT2D eigenvalue weighted by atomic mass is 10.1. The average molecular weight is 344 g/mol. The standard InChI is InChI=1S/C16H13FN4O2S/c1-9-7-13(14(22)15(23)19-16-20-18-8-24-16)10(2)21(9)12-5-3-11(17)4-6-12/h3-8H,1-2H3,(H,19,20,23). The van der Waals surface area contributed by atoms with Crippen LogP contribution in [0.4, 0.5) is 9.52 Å². The third kappa shape index (κ3) is 2.95. The Hall–Kier alpha value is -2.87. The molecule has 0 saturated carbocycles. The van der Waals surface area contributed by atoms with Crippen molar-refractivity contribution in [3.8, 4) is 5.69 Å². The molecule has 3 rings (SSSR count). The molecule has 6 nitrogen and oxygen atoms in total. The number of Topliss-reactive ketones (excluding diaryl/α,β-unsaturated/α-hetero) is 1. The quantitative estimate of drug-likeness (QED) is 0.583. The Balaban J connectivity index is 1.92. The summed E-state index contributed by atoms with van der Waals surface area (Å²) in [6.07, 6.45) is 0. The second kappa shape index (κ2) is 6.32. The van der Waals surface area contributed by atoms with Crippen molar-refractivity contribution in [3.05, 3.63) is 58.6 Å². The summed E-state index contributed by atoms with van der Waals surface area (Å²) in [5.74, 6) is -1.77. The minimum absolute atomic E-state index is 0.265. The highest BCUT2D eigenvalue weighted by molar-refractivity contribution is 7.13. The molecule has 1 N–H and O–H groups in total. The van der Waals surface area contributed by atoms with E-state index in [1.165, 1.54) is 17.6 Å². The largest absolute Gasteiger partial charge is 0.318 e. The van der Waals surface area contributed by atoms with Crippen molar-refractivity contribution in [2.45, 2.75) is 13.8 Å². The molecule has 1 amide bonds. The van der Waals surface area contributed by atoms with E-state index in [2.05, 4.69) is 15.5 Å². The van der Waals surface area contributed by atoms with Crippen LogP contribution in [0, 0.1) is 19.7 Å². The smallest absolute Gasteiger partial charge is 0.298 e. The van der Waals surface area contributed by atoms with Gasteiger partial charge < -0.3 is 4.57 Å². The summed E-state index contributed by atoms with van der Waals surface area (Å²) in [5, 5.41) is 9.96. The first kappa shape index (κ1) is 16.0. The summed E-state index contributed by atoms with van der Waals surface area (Å²) in [4.78, 5) is 24.5. The Labute approximate surface area is 141 Å². The van der Waals surface area contributed by atoms with Crippen LogP contribution in [0.5, 0.6) is 0 Å². The predicted molar refractivity (Wildman–Crippen MR) is 88.1 cm³/mol. The number of nitrogens with one attached hydrogen (secondary N) is 1. The fourth-order valence-electron chi connectivity index (χ4n) is 2.48. The number of ketones is 1. The van der Waals surface area contributed by atoms with Gasteiger partial charge in [0.05, 0.1) is 0 Å². The van der Waals surface area contributed by atoms with E-state index in [9.17, 15) is 14.0 Å². The summed E-state index contributed by atoms with van der Waals surface area (Å²) >= 11 is 1.13. The number of aromatic nitrogens is 3. The maximum atomic E-state index is 13.1. The maximum Gasteiger partial charge on any atom is 0.298 e. The first-order valence-corrected chi connectivity index (χ1v) is 7.92. The Morgan fingerprint density at radius 1 is 1.21 bits per heavy atom. The first-order chi connectivity index (χ1) is 11.5. The van der Waals surface area contributed by atoms with E-state index in [0.29, 0.717) is 11.3 Å². The summed E-state index contributed by atoms with van der Waals surface area (Å²) in [7, 11) is 0. The molecule has 0 spiro atoms. The van der Waals surface area contributed by atoms with Crippen molar-refractivity contribution in [2.75, 3.05) is 5.32 Å². The summed E-state index contributed by atoms with van der Waals surface area (Å²) in [6, 6.07) is 7.56. The third-order valence-electron chi connectivity index (χ3n) is 3.55. The molecule has 0 aliphatic heterocycles. The summed E-state index contributed by atoms with van der Waals surface area (Å²) in [6.45, 7) is 3.55. The van der Waals surface area contributed by atoms with Crippen LogP contribution in [-0.2, 0) is 4.79 Å². The molecule has 0 fully saturated rings. The van der Waals surface area contributed by atoms with Crippen LogP contribution < -0.4 is 5.32 Å². The zero-order valence-corrected chi connectivity index (χ0v) is 13.7. The molecule has 24 heavy (non-hydrogen) atoms. The first-order valence-electron chi connectivity index (χ1n) is 7.04. The fraction of sp³-hybridized carbons (Fsp3) is 0.125. The number of anilines is 1. The SMILES string of the molecule is Cc1cc(C(=O)C(=O)Nc2nncs2)c(C)n1-c1ccc(F)cc1. The normalized spacial score (nSPS) is 10.6. The fourth-order valence-corrected chi connectivity index (χ4v) is 2.92. The van der Waals surface area contributed by atoms with Gasteiger partial charge in [0, 0.05) is 22.6 Å². The number of amides is 1. The van der Waals surface area contributed by atoms with E-state index in [4.69, 9.17) is 0 Å². The van der Waals surface area contributed by atoms with Gasteiger partial charge in [-0.05, 0) is 44.2 Å². The van der Waals surface area contributed by atoms with Crippen LogP contribution in [0.25, 0.3) is 5.69 Å². The van der Waals surface area contributed by atoms with E-state index >= 15 is 0 Å². The monoisotopic (exact) mass is 344 g/mol. The third-order valence-corrected chi connectivity index (χ3v) is 4.15. The van der Waals surface area contributed by atoms with Crippen molar-refractivity contribution < 1.29 is 14.0 Å². The van der Waals surface area contributed by atoms with Gasteiger partial charge >= 0.3 is 0 Å². The summed E-state index contributed by atoms with van der Waals surface area (Å²) < 4.78 is 14.9. The number of aryl methyl sites for hydroxylation is 1. The van der Waals surface area contributed by atoms with E-state index < -0.39 is 11.7 Å². The second-order valence-electron chi connectivity index (χ2n) is 5.12. The van der Waals surface area contributed by atoms with E-state index in [1.807, 2.05) is 6.92 Å². The highest BCUT2D eigenvalue weighted by Gasteiger charge is 2.23. The lowest BCUT2D eigenvalue weighted by Crippen LogP contribution is -2.23. The molecule has 0 radical (unpaired) electrons. The minimum atomic E-state index is -0.772. The molecular weight excluding hydrogens is 331 g/mol. The van der Waals surface area contributed by atoms with Crippen molar-refractivity contribution in [1.82, 2.24) is 14.8 Å². The molecule has 0 bridgehead atoms. The van der Waals surface area contributed by atoms with Gasteiger partial charge in [-0.1, -0.05) is 11.3 Å². The Kier molecular flexibility index (Phi) is 4.22. The molecule has 2 aromatic heterocycles. The maximum absolute atomic E-state index is 13.1. The Bertz CT molecular complexity index is 901. The van der Waals surface area contributed by atoms with Gasteiger partial charge in [-0.15, -0.1) is 10.2 Å². The van der Waals surface area contributed by atoms with E-state index in [1.54, 1.807) is 29.7 Å². The number of carbonyl (C=O) groups excluding carboxylic acids is 2. The number of nitrogens with zero attached hydrogens (tertiary/aromatic N) is 3. The van der Waals surface area contributed by atoms with Gasteiger partial charge in [0.1, 0.15) is 11.3 Å². The average Bonchev–Trinajstić information content (AvgIpc) is 3.16. The topological polar surface area (TPSA) is 76.9 Å². The van der Waals surface area contributed by atoms with Crippen LogP contribution in [0.2, 0.25) is 0 Å². The van der Waals surface area contributed by atoms with Gasteiger partial charge in [0.15, 0.2) is 0 Å². The van der Waals surface area contributed by atoms with Gasteiger partial charge in [0.2, 0.25) is 5.13 Å². The zero-order chi connectivity index (χ0) is 17.3. The number of benzene rings is 1. The van der Waals surface area contributed by atoms with Gasteiger partial charge in [-0.2, -0.15) is 0 Å². The molecule has 0 unspecified atom stereocenters. The van der Waals surface area contributed by atoms with Crippen molar-refractivity contribution in [2.24, 2.45) is 0 Å². The van der Waals surface area contributed by atoms with Crippen LogP contribution in [0.15, 0.2) is 35.8 Å². The van der Waals surface area contributed by atoms with Gasteiger partial charge in [-0.25, -0.2) is 4.39 Å². The van der Waals surface area contributed by atoms with E-state index in [-0.39, 0.29) is 10.9 Å². The molecular formula is C16H13FN4O2S. The highest BCUT2D eigenvalue weighted by atomic mass is 32.1. The predicted octanol–water partition coefficient (Wildman–Crippen LogP) is 2.91. The molecule has 0 saturated heterocycles. The van der Waals surface area contributed by atoms with Crippen LogP contribution >= 0.6 is 11.3 Å². The van der Waals surface area contributed by atoms with Crippen LogP contribution in [0.3, 0.4) is 0 Å². The molecule has 3 aromatic rings. The van der Waals surface area contributed by atoms with Gasteiger partial charge in [0.25, 0.3) is 11.7 Å². The zero-order valence-electron chi connectivity index (χ0n) is 12.9. The van der Waals surface area contributed by atoms with Crippen LogP contribution in [0.1, 0.15) is 21.7 Å².